The van der Waals surface area contributed by atoms with Gasteiger partial charge in [0, 0.05) is 20.1 Å². The van der Waals surface area contributed by atoms with Crippen molar-refractivity contribution in [1.82, 2.24) is 14.7 Å². The van der Waals surface area contributed by atoms with Crippen LogP contribution in [-0.2, 0) is 11.3 Å². The van der Waals surface area contributed by atoms with Crippen LogP contribution in [0.25, 0.3) is 0 Å². The van der Waals surface area contributed by atoms with Gasteiger partial charge in [-0.25, -0.2) is 0 Å². The monoisotopic (exact) mass is 396 g/mol. The number of nitrogens with zero attached hydrogens (tertiary/aromatic N) is 4. The summed E-state index contributed by atoms with van der Waals surface area (Å²) < 4.78 is 0. The second-order valence-corrected chi connectivity index (χ2v) is 9.06. The summed E-state index contributed by atoms with van der Waals surface area (Å²) >= 11 is 0. The number of hydrogen-bond acceptors (Lipinski definition) is 4. The lowest BCUT2D eigenvalue weighted by Gasteiger charge is -2.40. The Bertz CT molecular complexity index is 685. The van der Waals surface area contributed by atoms with E-state index in [2.05, 4.69) is 53.2 Å². The minimum atomic E-state index is -0.576. The normalized spacial score (nSPS) is 20.3. The molecule has 1 aliphatic carbocycles. The van der Waals surface area contributed by atoms with Gasteiger partial charge in [0.25, 0.3) is 0 Å². The van der Waals surface area contributed by atoms with E-state index < -0.39 is 5.54 Å². The van der Waals surface area contributed by atoms with Crippen LogP contribution in [0.3, 0.4) is 0 Å². The molecule has 1 heterocycles. The fourth-order valence-electron chi connectivity index (χ4n) is 4.92. The number of carbonyl (C=O) groups is 1. The summed E-state index contributed by atoms with van der Waals surface area (Å²) in [5, 5.41) is 9.73. The third kappa shape index (κ3) is 5.81. The molecule has 0 bridgehead atoms. The Morgan fingerprint density at radius 3 is 2.41 bits per heavy atom. The molecule has 0 atom stereocenters. The van der Waals surface area contributed by atoms with Crippen LogP contribution in [0, 0.1) is 17.2 Å². The minimum Gasteiger partial charge on any atom is -0.326 e. The van der Waals surface area contributed by atoms with Crippen molar-refractivity contribution in [2.24, 2.45) is 5.92 Å². The highest BCUT2D eigenvalue weighted by Crippen LogP contribution is 2.32. The van der Waals surface area contributed by atoms with E-state index in [0.717, 1.165) is 64.7 Å². The van der Waals surface area contributed by atoms with Crippen LogP contribution in [0.15, 0.2) is 30.3 Å². The second-order valence-electron chi connectivity index (χ2n) is 9.06. The molecule has 1 aromatic rings. The summed E-state index contributed by atoms with van der Waals surface area (Å²) in [5.41, 5.74) is 0.781. The van der Waals surface area contributed by atoms with E-state index in [-0.39, 0.29) is 5.91 Å². The number of hydrogen-bond donors (Lipinski definition) is 0. The molecule has 5 heteroatoms. The lowest BCUT2D eigenvalue weighted by atomic mass is 9.81. The maximum Gasteiger partial charge on any atom is 0.237 e. The molecule has 158 valence electrons. The number of likely N-dealkylation sites (N-methyl/N-ethyl adjacent to an activating group) is 1. The molecular formula is C24H36N4O. The summed E-state index contributed by atoms with van der Waals surface area (Å²) in [7, 11) is 4.03. The molecule has 0 radical (unpaired) electrons. The number of carbonyl (C=O) groups excluding carboxylic acids is 1. The number of piperidine rings is 1. The number of nitriles is 1. The highest BCUT2D eigenvalue weighted by molar-refractivity contribution is 5.79. The highest BCUT2D eigenvalue weighted by atomic mass is 16.2. The lowest BCUT2D eigenvalue weighted by molar-refractivity contribution is -0.136. The minimum absolute atomic E-state index is 0.105. The quantitative estimate of drug-likeness (QED) is 0.708. The molecule has 1 amide bonds. The van der Waals surface area contributed by atoms with Gasteiger partial charge in [-0.1, -0.05) is 49.6 Å². The van der Waals surface area contributed by atoms with Crippen molar-refractivity contribution < 1.29 is 4.79 Å². The van der Waals surface area contributed by atoms with E-state index in [4.69, 9.17) is 0 Å². The second kappa shape index (κ2) is 10.2. The zero-order chi connectivity index (χ0) is 20.7. The van der Waals surface area contributed by atoms with Gasteiger partial charge >= 0.3 is 0 Å². The third-order valence-corrected chi connectivity index (χ3v) is 6.84. The molecule has 2 aliphatic rings. The average Bonchev–Trinajstić information content (AvgIpc) is 2.75. The Balaban J connectivity index is 1.42. The van der Waals surface area contributed by atoms with Crippen LogP contribution in [0.2, 0.25) is 0 Å². The predicted octanol–water partition coefficient (Wildman–Crippen LogP) is 3.52. The Hall–Kier alpha value is -1.90. The molecule has 0 aromatic heterocycles. The van der Waals surface area contributed by atoms with Crippen LogP contribution in [-0.4, -0.2) is 66.4 Å². The van der Waals surface area contributed by atoms with E-state index in [1.165, 1.54) is 12.0 Å². The molecule has 0 unspecified atom stereocenters. The molecule has 0 spiro atoms. The maximum absolute atomic E-state index is 12.9. The van der Waals surface area contributed by atoms with Gasteiger partial charge in [0.1, 0.15) is 5.54 Å². The smallest absolute Gasteiger partial charge is 0.237 e. The zero-order valence-electron chi connectivity index (χ0n) is 18.1. The summed E-state index contributed by atoms with van der Waals surface area (Å²) in [6.45, 7) is 4.49. The molecule has 1 saturated heterocycles. The first-order chi connectivity index (χ1) is 14.0. The van der Waals surface area contributed by atoms with Crippen molar-refractivity contribution in [3.63, 3.8) is 0 Å². The summed E-state index contributed by atoms with van der Waals surface area (Å²) in [6, 6.07) is 13.1. The highest BCUT2D eigenvalue weighted by Gasteiger charge is 2.39. The maximum atomic E-state index is 12.9. The van der Waals surface area contributed by atoms with E-state index in [0.29, 0.717) is 12.5 Å². The van der Waals surface area contributed by atoms with E-state index in [1.54, 1.807) is 4.90 Å². The fraction of sp³-hybridized carbons (Fsp3) is 0.667. The first-order valence-corrected chi connectivity index (χ1v) is 11.2. The molecule has 3 rings (SSSR count). The molecule has 1 saturated carbocycles. The van der Waals surface area contributed by atoms with Crippen LogP contribution in [0.4, 0.5) is 0 Å². The fourth-order valence-corrected chi connectivity index (χ4v) is 4.92. The average molecular weight is 397 g/mol. The number of amides is 1. The van der Waals surface area contributed by atoms with Crippen molar-refractivity contribution in [2.75, 3.05) is 40.3 Å². The van der Waals surface area contributed by atoms with Gasteiger partial charge in [0.15, 0.2) is 0 Å². The van der Waals surface area contributed by atoms with E-state index in [1.807, 2.05) is 7.05 Å². The van der Waals surface area contributed by atoms with Crippen molar-refractivity contribution in [3.05, 3.63) is 35.9 Å². The standard InChI is InChI=1S/C24H36N4O/c1-26(17-21-9-5-3-6-10-21)18-22-11-15-28(16-12-22)19-23(29)27(2)24(20-25)13-7-4-8-14-24/h3,5-6,9-10,22H,4,7-8,11-19H2,1-2H3. The van der Waals surface area contributed by atoms with E-state index >= 15 is 0 Å². The Kier molecular flexibility index (Phi) is 7.69. The Morgan fingerprint density at radius 1 is 1.14 bits per heavy atom. The van der Waals surface area contributed by atoms with Gasteiger partial charge in [0.05, 0.1) is 12.6 Å². The van der Waals surface area contributed by atoms with Crippen molar-refractivity contribution in [2.45, 2.75) is 57.0 Å². The number of benzene rings is 1. The summed E-state index contributed by atoms with van der Waals surface area (Å²) in [6.07, 6.45) is 7.19. The number of rotatable bonds is 7. The molecule has 2 fully saturated rings. The zero-order valence-corrected chi connectivity index (χ0v) is 18.1. The van der Waals surface area contributed by atoms with Crippen molar-refractivity contribution in [1.29, 1.82) is 5.26 Å². The SMILES string of the molecule is CN(Cc1ccccc1)CC1CCN(CC(=O)N(C)C2(C#N)CCCCC2)CC1. The lowest BCUT2D eigenvalue weighted by Crippen LogP contribution is -2.53. The van der Waals surface area contributed by atoms with E-state index in [9.17, 15) is 10.1 Å². The van der Waals surface area contributed by atoms with Gasteiger partial charge < -0.3 is 9.80 Å². The molecule has 29 heavy (non-hydrogen) atoms. The van der Waals surface area contributed by atoms with Crippen molar-refractivity contribution >= 4 is 5.91 Å². The van der Waals surface area contributed by atoms with Gasteiger partial charge in [-0.3, -0.25) is 9.69 Å². The topological polar surface area (TPSA) is 50.6 Å². The summed E-state index contributed by atoms with van der Waals surface area (Å²) in [4.78, 5) is 19.3. The molecule has 5 nitrogen and oxygen atoms in total. The van der Waals surface area contributed by atoms with Gasteiger partial charge in [-0.05, 0) is 57.3 Å². The molecular weight excluding hydrogens is 360 g/mol. The Morgan fingerprint density at radius 2 is 1.79 bits per heavy atom. The van der Waals surface area contributed by atoms with Crippen LogP contribution in [0.5, 0.6) is 0 Å². The largest absolute Gasteiger partial charge is 0.326 e. The number of likely N-dealkylation sites (tertiary alicyclic amines) is 1. The first kappa shape index (κ1) is 21.8. The Labute approximate surface area is 176 Å². The van der Waals surface area contributed by atoms with Crippen molar-refractivity contribution in [3.8, 4) is 6.07 Å². The third-order valence-electron chi connectivity index (χ3n) is 6.84. The van der Waals surface area contributed by atoms with Crippen LogP contribution < -0.4 is 0 Å². The summed E-state index contributed by atoms with van der Waals surface area (Å²) in [5.74, 6) is 0.796. The predicted molar refractivity (Wildman–Crippen MR) is 116 cm³/mol. The molecule has 1 aliphatic heterocycles. The van der Waals surface area contributed by atoms with Crippen LogP contribution in [0.1, 0.15) is 50.5 Å². The molecule has 1 aromatic carbocycles. The van der Waals surface area contributed by atoms with Gasteiger partial charge in [-0.2, -0.15) is 5.26 Å². The molecule has 0 N–H and O–H groups in total. The van der Waals surface area contributed by atoms with Gasteiger partial charge in [-0.15, -0.1) is 0 Å². The first-order valence-electron chi connectivity index (χ1n) is 11.2. The van der Waals surface area contributed by atoms with Crippen LogP contribution >= 0.6 is 0 Å². The van der Waals surface area contributed by atoms with Gasteiger partial charge in [0.2, 0.25) is 5.91 Å².